The van der Waals surface area contributed by atoms with Crippen LogP contribution in [0, 0.1) is 6.92 Å². The summed E-state index contributed by atoms with van der Waals surface area (Å²) in [5.41, 5.74) is 8.96. The van der Waals surface area contributed by atoms with Gasteiger partial charge < -0.3 is 20.5 Å². The molecule has 0 unspecified atom stereocenters. The summed E-state index contributed by atoms with van der Waals surface area (Å²) in [6.07, 6.45) is 0.726. The summed E-state index contributed by atoms with van der Waals surface area (Å²) in [6, 6.07) is 11.2. The minimum absolute atomic E-state index is 0. The molecular weight excluding hydrogens is 328 g/mol. The number of aryl methyl sites for hydroxylation is 1. The van der Waals surface area contributed by atoms with Crippen LogP contribution in [0.3, 0.4) is 0 Å². The van der Waals surface area contributed by atoms with Crippen LogP contribution in [0.4, 0.5) is 5.69 Å². The Hall–Kier alpha value is -2.40. The van der Waals surface area contributed by atoms with Crippen LogP contribution < -0.4 is 20.5 Å². The van der Waals surface area contributed by atoms with E-state index >= 15 is 0 Å². The van der Waals surface area contributed by atoms with Gasteiger partial charge in [-0.25, -0.2) is 0 Å². The predicted molar refractivity (Wildman–Crippen MR) is 96.3 cm³/mol. The van der Waals surface area contributed by atoms with Crippen molar-refractivity contribution in [3.63, 3.8) is 0 Å². The number of hydrogen-bond acceptors (Lipinski definition) is 4. The van der Waals surface area contributed by atoms with E-state index in [1.54, 1.807) is 12.1 Å². The van der Waals surface area contributed by atoms with Crippen LogP contribution in [0.15, 0.2) is 36.4 Å². The quantitative estimate of drug-likeness (QED) is 0.833. The molecule has 1 aliphatic rings. The maximum Gasteiger partial charge on any atom is 0.251 e. The Morgan fingerprint density at radius 3 is 2.67 bits per heavy atom. The van der Waals surface area contributed by atoms with E-state index < -0.39 is 0 Å². The third kappa shape index (κ3) is 4.11. The summed E-state index contributed by atoms with van der Waals surface area (Å²) in [7, 11) is 0. The molecule has 2 aromatic carbocycles. The Balaban J connectivity index is 0.00000208. The maximum atomic E-state index is 12.2. The molecule has 0 saturated heterocycles. The van der Waals surface area contributed by atoms with Crippen LogP contribution in [0.25, 0.3) is 0 Å². The van der Waals surface area contributed by atoms with E-state index in [1.807, 2.05) is 31.2 Å². The highest BCUT2D eigenvalue weighted by Gasteiger charge is 2.12. The summed E-state index contributed by atoms with van der Waals surface area (Å²) in [5, 5.41) is 2.93. The van der Waals surface area contributed by atoms with Crippen molar-refractivity contribution < 1.29 is 14.3 Å². The lowest BCUT2D eigenvalue weighted by Gasteiger charge is -2.19. The summed E-state index contributed by atoms with van der Waals surface area (Å²) < 4.78 is 11.1. The Kier molecular flexibility index (Phi) is 5.93. The smallest absolute Gasteiger partial charge is 0.251 e. The first-order valence-corrected chi connectivity index (χ1v) is 7.66. The zero-order valence-electron chi connectivity index (χ0n) is 13.5. The third-order valence-corrected chi connectivity index (χ3v) is 3.81. The van der Waals surface area contributed by atoms with Gasteiger partial charge in [0.2, 0.25) is 0 Å². The minimum Gasteiger partial charge on any atom is -0.486 e. The Labute approximate surface area is 147 Å². The third-order valence-electron chi connectivity index (χ3n) is 3.81. The molecule has 24 heavy (non-hydrogen) atoms. The second-order valence-electron chi connectivity index (χ2n) is 5.56. The first-order valence-electron chi connectivity index (χ1n) is 7.66. The number of rotatable bonds is 4. The normalized spacial score (nSPS) is 12.2. The maximum absolute atomic E-state index is 12.2. The van der Waals surface area contributed by atoms with E-state index in [0.717, 1.165) is 29.0 Å². The Bertz CT molecular complexity index is 734. The molecule has 3 rings (SSSR count). The van der Waals surface area contributed by atoms with Crippen LogP contribution in [0.5, 0.6) is 11.5 Å². The van der Waals surface area contributed by atoms with Crippen molar-refractivity contribution in [3.8, 4) is 11.5 Å². The molecule has 0 saturated carbocycles. The number of carbonyl (C=O) groups excluding carboxylic acids is 1. The van der Waals surface area contributed by atoms with Crippen molar-refractivity contribution in [1.29, 1.82) is 0 Å². The van der Waals surface area contributed by atoms with E-state index in [0.29, 0.717) is 31.0 Å². The molecule has 0 fully saturated rings. The number of nitrogens with two attached hydrogens (primary N) is 1. The molecule has 0 bridgehead atoms. The number of hydrogen-bond donors (Lipinski definition) is 2. The zero-order chi connectivity index (χ0) is 16.2. The standard InChI is InChI=1S/C18H20N2O3.ClH/c1-12-2-4-14(19)11-15(12)18(21)20-7-6-13-3-5-16-17(10-13)23-9-8-22-16;/h2-5,10-11H,6-9,19H2,1H3,(H,20,21);1H. The predicted octanol–water partition coefficient (Wildman–Crippen LogP) is 2.74. The van der Waals surface area contributed by atoms with Crippen molar-refractivity contribution in [1.82, 2.24) is 5.32 Å². The van der Waals surface area contributed by atoms with Crippen molar-refractivity contribution in [2.45, 2.75) is 13.3 Å². The van der Waals surface area contributed by atoms with Gasteiger partial charge in [0.1, 0.15) is 13.2 Å². The van der Waals surface area contributed by atoms with Crippen LogP contribution in [0.1, 0.15) is 21.5 Å². The largest absolute Gasteiger partial charge is 0.486 e. The van der Waals surface area contributed by atoms with Crippen LogP contribution in [-0.4, -0.2) is 25.7 Å². The fourth-order valence-electron chi connectivity index (χ4n) is 2.54. The molecule has 6 heteroatoms. The second kappa shape index (κ2) is 7.93. The molecule has 0 radical (unpaired) electrons. The number of nitrogen functional groups attached to an aromatic ring is 1. The Morgan fingerprint density at radius 2 is 1.88 bits per heavy atom. The van der Waals surface area contributed by atoms with Gasteiger partial charge in [0.25, 0.3) is 5.91 Å². The van der Waals surface area contributed by atoms with Gasteiger partial charge in [-0.05, 0) is 48.7 Å². The van der Waals surface area contributed by atoms with Gasteiger partial charge in [0.05, 0.1) is 0 Å². The number of carbonyl (C=O) groups is 1. The highest BCUT2D eigenvalue weighted by molar-refractivity contribution is 5.96. The lowest BCUT2D eigenvalue weighted by Crippen LogP contribution is -2.26. The number of anilines is 1. The fourth-order valence-corrected chi connectivity index (χ4v) is 2.54. The number of halogens is 1. The highest BCUT2D eigenvalue weighted by Crippen LogP contribution is 2.30. The summed E-state index contributed by atoms with van der Waals surface area (Å²) in [6.45, 7) is 3.60. The molecule has 2 aromatic rings. The van der Waals surface area contributed by atoms with Crippen molar-refractivity contribution in [3.05, 3.63) is 53.1 Å². The lowest BCUT2D eigenvalue weighted by atomic mass is 10.1. The molecule has 1 aliphatic heterocycles. The molecule has 5 nitrogen and oxygen atoms in total. The van der Waals surface area contributed by atoms with Gasteiger partial charge in [-0.3, -0.25) is 4.79 Å². The fraction of sp³-hybridized carbons (Fsp3) is 0.278. The average molecular weight is 349 g/mol. The van der Waals surface area contributed by atoms with Gasteiger partial charge in [0.15, 0.2) is 11.5 Å². The Morgan fingerprint density at radius 1 is 1.12 bits per heavy atom. The van der Waals surface area contributed by atoms with Gasteiger partial charge in [-0.2, -0.15) is 0 Å². The van der Waals surface area contributed by atoms with Gasteiger partial charge in [0, 0.05) is 17.8 Å². The van der Waals surface area contributed by atoms with Crippen LogP contribution in [0.2, 0.25) is 0 Å². The van der Waals surface area contributed by atoms with Gasteiger partial charge >= 0.3 is 0 Å². The topological polar surface area (TPSA) is 73.6 Å². The molecule has 1 heterocycles. The van der Waals surface area contributed by atoms with Crippen molar-refractivity contribution in [2.24, 2.45) is 0 Å². The average Bonchev–Trinajstić information content (AvgIpc) is 2.57. The zero-order valence-corrected chi connectivity index (χ0v) is 14.3. The molecule has 0 atom stereocenters. The van der Waals surface area contributed by atoms with Crippen LogP contribution in [-0.2, 0) is 6.42 Å². The molecule has 0 spiro atoms. The number of nitrogens with one attached hydrogen (secondary N) is 1. The second-order valence-corrected chi connectivity index (χ2v) is 5.56. The number of benzene rings is 2. The van der Waals surface area contributed by atoms with E-state index in [4.69, 9.17) is 15.2 Å². The SMILES string of the molecule is Cc1ccc(N)cc1C(=O)NCCc1ccc2c(c1)OCCO2.Cl. The summed E-state index contributed by atoms with van der Waals surface area (Å²) in [4.78, 5) is 12.2. The minimum atomic E-state index is -0.104. The lowest BCUT2D eigenvalue weighted by molar-refractivity contribution is 0.0953. The van der Waals surface area contributed by atoms with E-state index in [2.05, 4.69) is 5.32 Å². The van der Waals surface area contributed by atoms with E-state index in [1.165, 1.54) is 0 Å². The number of fused-ring (bicyclic) bond motifs is 1. The molecule has 128 valence electrons. The van der Waals surface area contributed by atoms with Gasteiger partial charge in [-0.1, -0.05) is 12.1 Å². The molecule has 1 amide bonds. The molecule has 3 N–H and O–H groups in total. The molecule has 0 aliphatic carbocycles. The number of ether oxygens (including phenoxy) is 2. The molecule has 0 aromatic heterocycles. The summed E-state index contributed by atoms with van der Waals surface area (Å²) in [5.74, 6) is 1.44. The van der Waals surface area contributed by atoms with Crippen molar-refractivity contribution in [2.75, 3.05) is 25.5 Å². The van der Waals surface area contributed by atoms with Gasteiger partial charge in [-0.15, -0.1) is 12.4 Å². The summed E-state index contributed by atoms with van der Waals surface area (Å²) >= 11 is 0. The number of amides is 1. The first kappa shape index (κ1) is 17.9. The van der Waals surface area contributed by atoms with E-state index in [9.17, 15) is 4.79 Å². The molecular formula is C18H21ClN2O3. The van der Waals surface area contributed by atoms with Crippen molar-refractivity contribution >= 4 is 24.0 Å². The van der Waals surface area contributed by atoms with Crippen LogP contribution >= 0.6 is 12.4 Å². The highest BCUT2D eigenvalue weighted by atomic mass is 35.5. The van der Waals surface area contributed by atoms with E-state index in [-0.39, 0.29) is 18.3 Å². The monoisotopic (exact) mass is 348 g/mol. The first-order chi connectivity index (χ1) is 11.1.